The fourth-order valence-electron chi connectivity index (χ4n) is 2.08. The van der Waals surface area contributed by atoms with Crippen LogP contribution in [-0.4, -0.2) is 38.5 Å². The van der Waals surface area contributed by atoms with Crippen LogP contribution in [0.3, 0.4) is 0 Å². The average molecular weight is 292 g/mol. The molecule has 0 radical (unpaired) electrons. The Morgan fingerprint density at radius 3 is 2.76 bits per heavy atom. The highest BCUT2D eigenvalue weighted by molar-refractivity contribution is 5.62. The van der Waals surface area contributed by atoms with Crippen LogP contribution in [0.25, 0.3) is 11.4 Å². The molecule has 8 heteroatoms. The van der Waals surface area contributed by atoms with E-state index >= 15 is 0 Å². The quantitative estimate of drug-likeness (QED) is 0.635. The Hall–Kier alpha value is -2.32. The van der Waals surface area contributed by atoms with E-state index in [1.54, 1.807) is 24.7 Å². The van der Waals surface area contributed by atoms with Crippen molar-refractivity contribution in [2.24, 2.45) is 0 Å². The molecule has 112 valence electrons. The molecule has 0 spiro atoms. The number of aromatic nitrogens is 3. The van der Waals surface area contributed by atoms with Crippen molar-refractivity contribution >= 4 is 5.69 Å². The number of non-ortho nitro benzene ring substituents is 1. The summed E-state index contributed by atoms with van der Waals surface area (Å²) in [6, 6.07) is 4.56. The predicted octanol–water partition coefficient (Wildman–Crippen LogP) is 1.30. The van der Waals surface area contributed by atoms with Crippen LogP contribution in [0.1, 0.15) is 11.4 Å². The van der Waals surface area contributed by atoms with Crippen LogP contribution in [0.2, 0.25) is 0 Å². The minimum absolute atomic E-state index is 0.0292. The molecular formula is C13H16N4O4. The van der Waals surface area contributed by atoms with Crippen LogP contribution in [0.4, 0.5) is 5.69 Å². The van der Waals surface area contributed by atoms with Gasteiger partial charge in [0.2, 0.25) is 0 Å². The molecule has 0 amide bonds. The molecule has 1 heterocycles. The third-order valence-electron chi connectivity index (χ3n) is 3.15. The van der Waals surface area contributed by atoms with Crippen LogP contribution in [0.15, 0.2) is 18.2 Å². The van der Waals surface area contributed by atoms with Gasteiger partial charge in [-0.05, 0) is 18.6 Å². The van der Waals surface area contributed by atoms with E-state index in [1.165, 1.54) is 12.1 Å². The topological polar surface area (TPSA) is 103 Å². The molecule has 2 rings (SSSR count). The smallest absolute Gasteiger partial charge is 0.269 e. The van der Waals surface area contributed by atoms with Gasteiger partial charge in [-0.1, -0.05) is 0 Å². The lowest BCUT2D eigenvalue weighted by molar-refractivity contribution is -0.384. The third kappa shape index (κ3) is 3.06. The normalized spacial score (nSPS) is 10.8. The van der Waals surface area contributed by atoms with E-state index in [1.807, 2.05) is 0 Å². The number of hydrogen-bond acceptors (Lipinski definition) is 6. The van der Waals surface area contributed by atoms with Gasteiger partial charge in [0.25, 0.3) is 5.69 Å². The Labute approximate surface area is 121 Å². The van der Waals surface area contributed by atoms with Crippen molar-refractivity contribution in [3.63, 3.8) is 0 Å². The molecule has 0 aliphatic rings. The highest BCUT2D eigenvalue weighted by Gasteiger charge is 2.17. The Balaban J connectivity index is 2.46. The second-order valence-corrected chi connectivity index (χ2v) is 4.50. The fraction of sp³-hybridized carbons (Fsp3) is 0.385. The maximum Gasteiger partial charge on any atom is 0.269 e. The van der Waals surface area contributed by atoms with Gasteiger partial charge in [0.15, 0.2) is 11.6 Å². The van der Waals surface area contributed by atoms with Crippen molar-refractivity contribution in [2.45, 2.75) is 20.1 Å². The average Bonchev–Trinajstić information content (AvgIpc) is 2.87. The van der Waals surface area contributed by atoms with Crippen LogP contribution in [0, 0.1) is 17.0 Å². The molecule has 2 aromatic rings. The zero-order chi connectivity index (χ0) is 15.4. The van der Waals surface area contributed by atoms with Gasteiger partial charge in [-0.2, -0.15) is 0 Å². The van der Waals surface area contributed by atoms with E-state index in [9.17, 15) is 15.2 Å². The summed E-state index contributed by atoms with van der Waals surface area (Å²) in [7, 11) is 1.58. The van der Waals surface area contributed by atoms with Gasteiger partial charge >= 0.3 is 0 Å². The first kappa shape index (κ1) is 15.1. The summed E-state index contributed by atoms with van der Waals surface area (Å²) in [4.78, 5) is 10.3. The SMILES string of the molecule is COCCn1c(CO)nnc1-c1ccc([N+](=O)[O-])cc1C. The number of nitro benzene ring substituents is 1. The lowest BCUT2D eigenvalue weighted by Gasteiger charge is -2.10. The Kier molecular flexibility index (Phi) is 4.61. The molecule has 8 nitrogen and oxygen atoms in total. The Morgan fingerprint density at radius 1 is 1.43 bits per heavy atom. The van der Waals surface area contributed by atoms with E-state index in [4.69, 9.17) is 4.74 Å². The summed E-state index contributed by atoms with van der Waals surface area (Å²) < 4.78 is 6.79. The molecule has 0 saturated heterocycles. The summed E-state index contributed by atoms with van der Waals surface area (Å²) in [5.41, 5.74) is 1.49. The van der Waals surface area contributed by atoms with Gasteiger partial charge in [-0.3, -0.25) is 10.1 Å². The van der Waals surface area contributed by atoms with E-state index in [0.717, 1.165) is 11.1 Å². The first-order chi connectivity index (χ1) is 10.1. The van der Waals surface area contributed by atoms with Crippen LogP contribution in [0.5, 0.6) is 0 Å². The highest BCUT2D eigenvalue weighted by atomic mass is 16.6. The van der Waals surface area contributed by atoms with Crippen LogP contribution in [-0.2, 0) is 17.9 Å². The van der Waals surface area contributed by atoms with Crippen LogP contribution >= 0.6 is 0 Å². The van der Waals surface area contributed by atoms with Crippen molar-refractivity contribution in [3.05, 3.63) is 39.7 Å². The summed E-state index contributed by atoms with van der Waals surface area (Å²) in [6.07, 6.45) is 0. The number of methoxy groups -OCH3 is 1. The molecule has 1 N–H and O–H groups in total. The van der Waals surface area contributed by atoms with Crippen molar-refractivity contribution in [2.75, 3.05) is 13.7 Å². The number of aliphatic hydroxyl groups excluding tert-OH is 1. The van der Waals surface area contributed by atoms with Crippen LogP contribution < -0.4 is 0 Å². The summed E-state index contributed by atoms with van der Waals surface area (Å²) in [5, 5.41) is 28.1. The predicted molar refractivity (Wildman–Crippen MR) is 74.6 cm³/mol. The van der Waals surface area contributed by atoms with Gasteiger partial charge in [0, 0.05) is 31.4 Å². The minimum atomic E-state index is -0.439. The molecule has 21 heavy (non-hydrogen) atoms. The molecule has 0 fully saturated rings. The van der Waals surface area contributed by atoms with E-state index in [0.29, 0.717) is 24.8 Å². The standard InChI is InChI=1S/C13H16N4O4/c1-9-7-10(17(19)20)3-4-11(9)13-15-14-12(8-18)16(13)5-6-21-2/h3-4,7,18H,5-6,8H2,1-2H3. The number of hydrogen-bond donors (Lipinski definition) is 1. The van der Waals surface area contributed by atoms with Gasteiger partial charge in [0.05, 0.1) is 11.5 Å². The largest absolute Gasteiger partial charge is 0.388 e. The number of rotatable bonds is 6. The molecule has 0 unspecified atom stereocenters. The maximum atomic E-state index is 10.8. The molecule has 0 aliphatic heterocycles. The van der Waals surface area contributed by atoms with Crippen molar-refractivity contribution in [1.29, 1.82) is 0 Å². The summed E-state index contributed by atoms with van der Waals surface area (Å²) in [6.45, 7) is 2.48. The van der Waals surface area contributed by atoms with Gasteiger partial charge in [-0.15, -0.1) is 10.2 Å². The lowest BCUT2D eigenvalue weighted by atomic mass is 10.1. The van der Waals surface area contributed by atoms with Crippen molar-refractivity contribution < 1.29 is 14.8 Å². The molecular weight excluding hydrogens is 276 g/mol. The van der Waals surface area contributed by atoms with Gasteiger partial charge in [-0.25, -0.2) is 0 Å². The number of ether oxygens (including phenoxy) is 1. The van der Waals surface area contributed by atoms with E-state index in [-0.39, 0.29) is 12.3 Å². The first-order valence-electron chi connectivity index (χ1n) is 6.35. The first-order valence-corrected chi connectivity index (χ1v) is 6.35. The number of nitro groups is 1. The van der Waals surface area contributed by atoms with Crippen molar-refractivity contribution in [1.82, 2.24) is 14.8 Å². The van der Waals surface area contributed by atoms with E-state index < -0.39 is 4.92 Å². The molecule has 1 aromatic heterocycles. The lowest BCUT2D eigenvalue weighted by Crippen LogP contribution is -2.10. The number of aliphatic hydroxyl groups is 1. The number of benzene rings is 1. The fourth-order valence-corrected chi connectivity index (χ4v) is 2.08. The van der Waals surface area contributed by atoms with Crippen molar-refractivity contribution in [3.8, 4) is 11.4 Å². The number of aryl methyl sites for hydroxylation is 1. The Bertz CT molecular complexity index is 654. The molecule has 0 bridgehead atoms. The number of nitrogens with zero attached hydrogens (tertiary/aromatic N) is 4. The Morgan fingerprint density at radius 2 is 2.19 bits per heavy atom. The van der Waals surface area contributed by atoms with E-state index in [2.05, 4.69) is 10.2 Å². The maximum absolute atomic E-state index is 10.8. The second kappa shape index (κ2) is 6.42. The molecule has 0 atom stereocenters. The molecule has 0 saturated carbocycles. The molecule has 0 aliphatic carbocycles. The zero-order valence-electron chi connectivity index (χ0n) is 11.8. The zero-order valence-corrected chi connectivity index (χ0v) is 11.8. The summed E-state index contributed by atoms with van der Waals surface area (Å²) in [5.74, 6) is 0.989. The highest BCUT2D eigenvalue weighted by Crippen LogP contribution is 2.26. The second-order valence-electron chi connectivity index (χ2n) is 4.50. The third-order valence-corrected chi connectivity index (χ3v) is 3.15. The van der Waals surface area contributed by atoms with Gasteiger partial charge < -0.3 is 14.4 Å². The van der Waals surface area contributed by atoms with Gasteiger partial charge in [0.1, 0.15) is 6.61 Å². The monoisotopic (exact) mass is 292 g/mol. The molecule has 1 aromatic carbocycles. The minimum Gasteiger partial charge on any atom is -0.388 e. The summed E-state index contributed by atoms with van der Waals surface area (Å²) >= 11 is 0.